The van der Waals surface area contributed by atoms with E-state index >= 15 is 0 Å². The molecular weight excluding hydrogens is 204 g/mol. The van der Waals surface area contributed by atoms with E-state index in [2.05, 4.69) is 4.98 Å². The van der Waals surface area contributed by atoms with Crippen LogP contribution in [0.15, 0.2) is 11.0 Å². The normalized spacial score (nSPS) is 17.6. The van der Waals surface area contributed by atoms with Crippen molar-refractivity contribution in [3.8, 4) is 0 Å². The summed E-state index contributed by atoms with van der Waals surface area (Å²) in [5.41, 5.74) is 1.58. The Kier molecular flexibility index (Phi) is 3.39. The van der Waals surface area contributed by atoms with E-state index in [0.717, 1.165) is 38.3 Å². The fourth-order valence-corrected chi connectivity index (χ4v) is 2.08. The van der Waals surface area contributed by atoms with Crippen molar-refractivity contribution in [3.63, 3.8) is 0 Å². The van der Waals surface area contributed by atoms with E-state index in [1.165, 1.54) is 0 Å². The Morgan fingerprint density at radius 1 is 1.44 bits per heavy atom. The van der Waals surface area contributed by atoms with Crippen LogP contribution in [0.4, 0.5) is 0 Å². The van der Waals surface area contributed by atoms with Crippen molar-refractivity contribution in [1.29, 1.82) is 0 Å². The predicted octanol–water partition coefficient (Wildman–Crippen LogP) is 1.29. The third-order valence-corrected chi connectivity index (χ3v) is 3.21. The summed E-state index contributed by atoms with van der Waals surface area (Å²) in [6, 6.07) is 0. The van der Waals surface area contributed by atoms with E-state index in [4.69, 9.17) is 4.74 Å². The largest absolute Gasteiger partial charge is 0.381 e. The zero-order valence-electron chi connectivity index (χ0n) is 9.90. The van der Waals surface area contributed by atoms with Crippen LogP contribution in [0.2, 0.25) is 0 Å². The van der Waals surface area contributed by atoms with Gasteiger partial charge in [0.05, 0.1) is 0 Å². The second kappa shape index (κ2) is 4.78. The highest BCUT2D eigenvalue weighted by molar-refractivity contribution is 5.02. The van der Waals surface area contributed by atoms with Crippen LogP contribution in [0.5, 0.6) is 0 Å². The second-order valence-corrected chi connectivity index (χ2v) is 4.46. The third-order valence-electron chi connectivity index (χ3n) is 3.21. The molecule has 16 heavy (non-hydrogen) atoms. The molecule has 1 aliphatic heterocycles. The van der Waals surface area contributed by atoms with Gasteiger partial charge in [-0.2, -0.15) is 0 Å². The van der Waals surface area contributed by atoms with Gasteiger partial charge in [0, 0.05) is 31.6 Å². The van der Waals surface area contributed by atoms with Crippen LogP contribution in [-0.2, 0) is 11.3 Å². The minimum atomic E-state index is 0.0477. The van der Waals surface area contributed by atoms with Crippen molar-refractivity contribution in [2.75, 3.05) is 13.2 Å². The summed E-state index contributed by atoms with van der Waals surface area (Å²) in [5, 5.41) is 0. The molecule has 0 amide bonds. The van der Waals surface area contributed by atoms with E-state index in [0.29, 0.717) is 11.6 Å². The zero-order valence-corrected chi connectivity index (χ0v) is 9.90. The summed E-state index contributed by atoms with van der Waals surface area (Å²) >= 11 is 0. The highest BCUT2D eigenvalue weighted by Gasteiger charge is 2.16. The van der Waals surface area contributed by atoms with E-state index in [1.807, 2.05) is 11.5 Å². The van der Waals surface area contributed by atoms with Gasteiger partial charge >= 0.3 is 0 Å². The lowest BCUT2D eigenvalue weighted by molar-refractivity contribution is 0.0607. The highest BCUT2D eigenvalue weighted by atomic mass is 16.5. The van der Waals surface area contributed by atoms with Crippen molar-refractivity contribution in [2.24, 2.45) is 5.92 Å². The first-order valence-corrected chi connectivity index (χ1v) is 5.79. The fraction of sp³-hybridized carbons (Fsp3) is 0.667. The van der Waals surface area contributed by atoms with Crippen molar-refractivity contribution in [3.05, 3.63) is 27.9 Å². The minimum absolute atomic E-state index is 0.0477. The number of nitrogens with zero attached hydrogens (tertiary/aromatic N) is 2. The molecule has 2 heterocycles. The quantitative estimate of drug-likeness (QED) is 0.757. The van der Waals surface area contributed by atoms with Crippen LogP contribution >= 0.6 is 0 Å². The van der Waals surface area contributed by atoms with Crippen LogP contribution < -0.4 is 5.56 Å². The molecule has 88 valence electrons. The van der Waals surface area contributed by atoms with Gasteiger partial charge in [0.25, 0.3) is 5.56 Å². The summed E-state index contributed by atoms with van der Waals surface area (Å²) in [5.74, 6) is 0.562. The Balaban J connectivity index is 2.20. The molecule has 0 atom stereocenters. The summed E-state index contributed by atoms with van der Waals surface area (Å²) in [6.07, 6.45) is 3.87. The molecule has 0 aliphatic carbocycles. The van der Waals surface area contributed by atoms with Gasteiger partial charge in [-0.05, 0) is 32.6 Å². The van der Waals surface area contributed by atoms with Crippen LogP contribution in [0.3, 0.4) is 0 Å². The van der Waals surface area contributed by atoms with Gasteiger partial charge in [-0.1, -0.05) is 0 Å². The molecule has 0 saturated carbocycles. The zero-order chi connectivity index (χ0) is 11.5. The van der Waals surface area contributed by atoms with Crippen LogP contribution in [0.25, 0.3) is 0 Å². The van der Waals surface area contributed by atoms with Gasteiger partial charge in [0.1, 0.15) is 5.69 Å². The maximum Gasteiger partial charge on any atom is 0.272 e. The van der Waals surface area contributed by atoms with Crippen LogP contribution in [-0.4, -0.2) is 22.8 Å². The number of aryl methyl sites for hydroxylation is 2. The van der Waals surface area contributed by atoms with Crippen molar-refractivity contribution in [1.82, 2.24) is 9.55 Å². The Morgan fingerprint density at radius 3 is 2.81 bits per heavy atom. The molecule has 4 heteroatoms. The van der Waals surface area contributed by atoms with Crippen molar-refractivity contribution in [2.45, 2.75) is 33.2 Å². The molecule has 1 saturated heterocycles. The molecule has 0 bridgehead atoms. The van der Waals surface area contributed by atoms with Gasteiger partial charge < -0.3 is 9.30 Å². The van der Waals surface area contributed by atoms with Gasteiger partial charge in [0.2, 0.25) is 0 Å². The van der Waals surface area contributed by atoms with Gasteiger partial charge in [-0.25, -0.2) is 0 Å². The summed E-state index contributed by atoms with van der Waals surface area (Å²) < 4.78 is 7.17. The molecular formula is C12H18N2O2. The average Bonchev–Trinajstić information content (AvgIpc) is 2.31. The number of hydrogen-bond acceptors (Lipinski definition) is 3. The smallest absolute Gasteiger partial charge is 0.272 e. The Hall–Kier alpha value is -1.16. The second-order valence-electron chi connectivity index (χ2n) is 4.46. The summed E-state index contributed by atoms with van der Waals surface area (Å²) in [4.78, 5) is 16.0. The molecule has 1 fully saturated rings. The molecule has 1 aliphatic rings. The minimum Gasteiger partial charge on any atom is -0.381 e. The van der Waals surface area contributed by atoms with Crippen LogP contribution in [0, 0.1) is 19.8 Å². The number of ether oxygens (including phenoxy) is 1. The van der Waals surface area contributed by atoms with Gasteiger partial charge in [-0.15, -0.1) is 0 Å². The Labute approximate surface area is 95.3 Å². The Morgan fingerprint density at radius 2 is 2.12 bits per heavy atom. The topological polar surface area (TPSA) is 44.1 Å². The monoisotopic (exact) mass is 222 g/mol. The molecule has 1 aromatic heterocycles. The average molecular weight is 222 g/mol. The van der Waals surface area contributed by atoms with Crippen molar-refractivity contribution < 1.29 is 4.74 Å². The number of hydrogen-bond donors (Lipinski definition) is 0. The Bertz CT molecular complexity index is 420. The molecule has 1 aromatic rings. The molecule has 0 unspecified atom stereocenters. The lowest BCUT2D eigenvalue weighted by Gasteiger charge is -2.23. The standard InChI is InChI=1S/C12H18N2O2/c1-9-7-13-10(2)12(15)14(9)8-11-3-5-16-6-4-11/h7,11H,3-6,8H2,1-2H3. The lowest BCUT2D eigenvalue weighted by atomic mass is 10.0. The highest BCUT2D eigenvalue weighted by Crippen LogP contribution is 2.16. The first kappa shape index (κ1) is 11.3. The maximum atomic E-state index is 11.9. The first-order chi connectivity index (χ1) is 7.68. The lowest BCUT2D eigenvalue weighted by Crippen LogP contribution is -2.30. The molecule has 0 N–H and O–H groups in total. The van der Waals surface area contributed by atoms with Crippen LogP contribution in [0.1, 0.15) is 24.2 Å². The predicted molar refractivity (Wildman–Crippen MR) is 61.5 cm³/mol. The fourth-order valence-electron chi connectivity index (χ4n) is 2.08. The first-order valence-electron chi connectivity index (χ1n) is 5.79. The molecule has 0 spiro atoms. The summed E-state index contributed by atoms with van der Waals surface area (Å²) in [7, 11) is 0. The third kappa shape index (κ3) is 2.32. The van der Waals surface area contributed by atoms with Gasteiger partial charge in [-0.3, -0.25) is 9.78 Å². The molecule has 0 radical (unpaired) electrons. The van der Waals surface area contributed by atoms with E-state index < -0.39 is 0 Å². The molecule has 4 nitrogen and oxygen atoms in total. The van der Waals surface area contributed by atoms with Crippen molar-refractivity contribution >= 4 is 0 Å². The van der Waals surface area contributed by atoms with Gasteiger partial charge in [0.15, 0.2) is 0 Å². The van der Waals surface area contributed by atoms with E-state index in [-0.39, 0.29) is 5.56 Å². The molecule has 2 rings (SSSR count). The number of rotatable bonds is 2. The molecule has 0 aromatic carbocycles. The SMILES string of the molecule is Cc1ncc(C)n(CC2CCOCC2)c1=O. The van der Waals surface area contributed by atoms with E-state index in [9.17, 15) is 4.79 Å². The summed E-state index contributed by atoms with van der Waals surface area (Å²) in [6.45, 7) is 6.15. The maximum absolute atomic E-state index is 11.9. The number of aromatic nitrogens is 2. The van der Waals surface area contributed by atoms with E-state index in [1.54, 1.807) is 13.1 Å².